The molecule has 0 unspecified atom stereocenters. The number of carbonyl (C=O) groups is 1. The number of ether oxygens (including phenoxy) is 1. The van der Waals surface area contributed by atoms with Crippen LogP contribution in [0, 0.1) is 12.7 Å². The van der Waals surface area contributed by atoms with E-state index in [9.17, 15) is 9.18 Å². The summed E-state index contributed by atoms with van der Waals surface area (Å²) >= 11 is 1.49. The normalized spacial score (nSPS) is 11.1. The lowest BCUT2D eigenvalue weighted by molar-refractivity contribution is -0.118. The maximum absolute atomic E-state index is 13.3. The van der Waals surface area contributed by atoms with Crippen molar-refractivity contribution in [2.45, 2.75) is 26.3 Å². The third-order valence-corrected chi connectivity index (χ3v) is 6.28. The number of hydrogen-bond donors (Lipinski definition) is 0. The number of halogens is 1. The van der Waals surface area contributed by atoms with E-state index in [0.29, 0.717) is 17.4 Å². The van der Waals surface area contributed by atoms with Crippen LogP contribution in [0.2, 0.25) is 0 Å². The van der Waals surface area contributed by atoms with E-state index >= 15 is 0 Å². The Bertz CT molecular complexity index is 1170. The van der Waals surface area contributed by atoms with Gasteiger partial charge in [-0.3, -0.25) is 9.69 Å². The molecule has 0 bridgehead atoms. The van der Waals surface area contributed by atoms with E-state index in [-0.39, 0.29) is 18.1 Å². The zero-order valence-electron chi connectivity index (χ0n) is 17.4. The van der Waals surface area contributed by atoms with Crippen molar-refractivity contribution >= 4 is 32.6 Å². The van der Waals surface area contributed by atoms with Gasteiger partial charge in [-0.25, -0.2) is 14.4 Å². The fraction of sp³-hybridized carbons (Fsp3) is 0.261. The summed E-state index contributed by atoms with van der Waals surface area (Å²) < 4.78 is 21.7. The molecule has 2 aromatic carbocycles. The number of rotatable bonds is 8. The Morgan fingerprint density at radius 1 is 1.23 bits per heavy atom. The molecule has 8 heteroatoms. The molecule has 1 amide bonds. The maximum atomic E-state index is 13.3. The molecule has 0 saturated heterocycles. The van der Waals surface area contributed by atoms with E-state index in [0.717, 1.165) is 34.3 Å². The molecule has 0 radical (unpaired) electrons. The summed E-state index contributed by atoms with van der Waals surface area (Å²) in [7, 11) is 1.62. The number of amides is 1. The van der Waals surface area contributed by atoms with Crippen LogP contribution in [0.3, 0.4) is 0 Å². The first-order valence-corrected chi connectivity index (χ1v) is 10.8. The topological polar surface area (TPSA) is 60.2 Å². The van der Waals surface area contributed by atoms with Crippen molar-refractivity contribution in [2.75, 3.05) is 18.6 Å². The summed E-state index contributed by atoms with van der Waals surface area (Å²) in [6, 6.07) is 9.92. The zero-order valence-corrected chi connectivity index (χ0v) is 18.2. The number of methoxy groups -OCH3 is 1. The predicted octanol–water partition coefficient (Wildman–Crippen LogP) is 4.61. The number of benzene rings is 2. The molecule has 0 N–H and O–H groups in total. The van der Waals surface area contributed by atoms with Crippen LogP contribution in [-0.4, -0.2) is 34.1 Å². The Morgan fingerprint density at radius 2 is 2.03 bits per heavy atom. The first-order valence-electron chi connectivity index (χ1n) is 10.00. The van der Waals surface area contributed by atoms with Crippen molar-refractivity contribution in [1.82, 2.24) is 14.5 Å². The summed E-state index contributed by atoms with van der Waals surface area (Å²) in [6.45, 7) is 3.28. The highest BCUT2D eigenvalue weighted by molar-refractivity contribution is 7.22. The van der Waals surface area contributed by atoms with Gasteiger partial charge in [-0.15, -0.1) is 0 Å². The van der Waals surface area contributed by atoms with Gasteiger partial charge in [0.1, 0.15) is 17.1 Å². The fourth-order valence-corrected chi connectivity index (χ4v) is 4.50. The van der Waals surface area contributed by atoms with Gasteiger partial charge in [0.05, 0.1) is 24.6 Å². The van der Waals surface area contributed by atoms with Crippen LogP contribution < -0.4 is 9.64 Å². The average molecular weight is 439 g/mol. The van der Waals surface area contributed by atoms with Crippen LogP contribution in [0.25, 0.3) is 10.2 Å². The van der Waals surface area contributed by atoms with E-state index in [4.69, 9.17) is 9.72 Å². The molecule has 4 aromatic rings. The first-order chi connectivity index (χ1) is 15.0. The number of aromatic nitrogens is 3. The number of fused-ring (bicyclic) bond motifs is 1. The van der Waals surface area contributed by atoms with Crippen molar-refractivity contribution < 1.29 is 13.9 Å². The lowest BCUT2D eigenvalue weighted by Crippen LogP contribution is -2.33. The van der Waals surface area contributed by atoms with Gasteiger partial charge in [0.25, 0.3) is 0 Å². The molecule has 0 aliphatic rings. The number of anilines is 1. The van der Waals surface area contributed by atoms with Gasteiger partial charge in [0, 0.05) is 25.5 Å². The molecule has 0 spiro atoms. The highest BCUT2D eigenvalue weighted by Crippen LogP contribution is 2.36. The Labute approximate surface area is 183 Å². The summed E-state index contributed by atoms with van der Waals surface area (Å²) in [4.78, 5) is 23.8. The Kier molecular flexibility index (Phi) is 6.27. The van der Waals surface area contributed by atoms with E-state index in [2.05, 4.69) is 4.98 Å². The molecule has 160 valence electrons. The van der Waals surface area contributed by atoms with E-state index in [1.807, 2.05) is 29.8 Å². The highest BCUT2D eigenvalue weighted by atomic mass is 32.1. The molecule has 0 aliphatic heterocycles. The number of aryl methyl sites for hydroxylation is 2. The van der Waals surface area contributed by atoms with Crippen LogP contribution in [0.1, 0.15) is 17.5 Å². The Hall–Kier alpha value is -3.26. The molecule has 2 heterocycles. The van der Waals surface area contributed by atoms with Gasteiger partial charge in [0.2, 0.25) is 5.91 Å². The van der Waals surface area contributed by atoms with Crippen LogP contribution in [0.15, 0.2) is 55.1 Å². The number of thiazole rings is 1. The minimum atomic E-state index is -0.317. The molecule has 0 aliphatic carbocycles. The van der Waals surface area contributed by atoms with E-state index < -0.39 is 0 Å². The molecular formula is C23H23FN4O2S. The van der Waals surface area contributed by atoms with Gasteiger partial charge in [0.15, 0.2) is 5.13 Å². The van der Waals surface area contributed by atoms with Crippen LogP contribution in [0.5, 0.6) is 5.75 Å². The standard InChI is InChI=1S/C23H23FN4O2S/c1-16-4-9-19(30-2)21-22(16)31-23(26-21)28(12-3-11-27-13-10-25-15-27)20(29)14-17-5-7-18(24)8-6-17/h4-10,13,15H,3,11-12,14H2,1-2H3. The lowest BCUT2D eigenvalue weighted by atomic mass is 10.1. The van der Waals surface area contributed by atoms with Gasteiger partial charge < -0.3 is 9.30 Å². The van der Waals surface area contributed by atoms with Crippen LogP contribution in [0.4, 0.5) is 9.52 Å². The van der Waals surface area contributed by atoms with Gasteiger partial charge in [-0.05, 0) is 42.7 Å². The average Bonchev–Trinajstić information content (AvgIpc) is 3.44. The molecule has 0 atom stereocenters. The molecule has 0 saturated carbocycles. The number of nitrogens with zero attached hydrogens (tertiary/aromatic N) is 4. The van der Waals surface area contributed by atoms with Crippen LogP contribution >= 0.6 is 11.3 Å². The van der Waals surface area contributed by atoms with E-state index in [1.54, 1.807) is 36.7 Å². The lowest BCUT2D eigenvalue weighted by Gasteiger charge is -2.20. The SMILES string of the molecule is COc1ccc(C)c2sc(N(CCCn3ccnc3)C(=O)Cc3ccc(F)cc3)nc12. The number of imidazole rings is 1. The van der Waals surface area contributed by atoms with Crippen molar-refractivity contribution in [1.29, 1.82) is 0 Å². The van der Waals surface area contributed by atoms with Crippen LogP contribution in [-0.2, 0) is 17.8 Å². The molecule has 6 nitrogen and oxygen atoms in total. The van der Waals surface area contributed by atoms with Gasteiger partial charge in [-0.2, -0.15) is 0 Å². The second-order valence-corrected chi connectivity index (χ2v) is 8.24. The van der Waals surface area contributed by atoms with Crippen molar-refractivity contribution in [3.63, 3.8) is 0 Å². The summed E-state index contributed by atoms with van der Waals surface area (Å²) in [6.07, 6.45) is 6.32. The molecule has 2 aromatic heterocycles. The number of carbonyl (C=O) groups excluding carboxylic acids is 1. The second kappa shape index (κ2) is 9.26. The quantitative estimate of drug-likeness (QED) is 0.403. The minimum absolute atomic E-state index is 0.0760. The zero-order chi connectivity index (χ0) is 21.8. The fourth-order valence-electron chi connectivity index (χ4n) is 3.41. The highest BCUT2D eigenvalue weighted by Gasteiger charge is 2.22. The first kappa shape index (κ1) is 21.0. The Balaban J connectivity index is 1.62. The predicted molar refractivity (Wildman–Crippen MR) is 120 cm³/mol. The van der Waals surface area contributed by atoms with Crippen molar-refractivity contribution in [2.24, 2.45) is 0 Å². The molecular weight excluding hydrogens is 415 g/mol. The second-order valence-electron chi connectivity index (χ2n) is 7.26. The summed E-state index contributed by atoms with van der Waals surface area (Å²) in [5.41, 5.74) is 2.61. The minimum Gasteiger partial charge on any atom is -0.494 e. The molecule has 0 fully saturated rings. The van der Waals surface area contributed by atoms with Crippen molar-refractivity contribution in [3.05, 3.63) is 72.1 Å². The largest absolute Gasteiger partial charge is 0.494 e. The van der Waals surface area contributed by atoms with Crippen molar-refractivity contribution in [3.8, 4) is 5.75 Å². The monoisotopic (exact) mass is 438 g/mol. The van der Waals surface area contributed by atoms with Gasteiger partial charge in [-0.1, -0.05) is 29.5 Å². The summed E-state index contributed by atoms with van der Waals surface area (Å²) in [5, 5.41) is 0.639. The molecule has 31 heavy (non-hydrogen) atoms. The Morgan fingerprint density at radius 3 is 2.74 bits per heavy atom. The summed E-state index contributed by atoms with van der Waals surface area (Å²) in [5.74, 6) is 0.294. The smallest absolute Gasteiger partial charge is 0.233 e. The molecule has 4 rings (SSSR count). The number of hydrogen-bond acceptors (Lipinski definition) is 5. The third kappa shape index (κ3) is 4.74. The third-order valence-electron chi connectivity index (χ3n) is 5.07. The van der Waals surface area contributed by atoms with Gasteiger partial charge >= 0.3 is 0 Å². The van der Waals surface area contributed by atoms with E-state index in [1.165, 1.54) is 23.5 Å². The maximum Gasteiger partial charge on any atom is 0.233 e.